The average molecular weight is 328 g/mol. The SMILES string of the molecule is O=C(NCc1cccs1)c1cc(Sc2ncccn2)ccn1. The third kappa shape index (κ3) is 3.90. The number of thiophene rings is 1. The molecule has 110 valence electrons. The van der Waals surface area contributed by atoms with Gasteiger partial charge in [-0.3, -0.25) is 9.78 Å². The molecule has 3 aromatic heterocycles. The fraction of sp³-hybridized carbons (Fsp3) is 0.0667. The Morgan fingerprint density at radius 3 is 2.77 bits per heavy atom. The summed E-state index contributed by atoms with van der Waals surface area (Å²) < 4.78 is 0. The van der Waals surface area contributed by atoms with E-state index in [0.29, 0.717) is 17.4 Å². The second-order valence-corrected chi connectivity index (χ2v) is 6.35. The third-order valence-corrected chi connectivity index (χ3v) is 4.48. The van der Waals surface area contributed by atoms with Crippen LogP contribution in [0.2, 0.25) is 0 Å². The molecular formula is C15H12N4OS2. The lowest BCUT2D eigenvalue weighted by Gasteiger charge is -2.05. The number of hydrogen-bond acceptors (Lipinski definition) is 6. The molecular weight excluding hydrogens is 316 g/mol. The Balaban J connectivity index is 1.66. The lowest BCUT2D eigenvalue weighted by molar-refractivity contribution is 0.0946. The van der Waals surface area contributed by atoms with Crippen LogP contribution in [-0.2, 0) is 6.54 Å². The van der Waals surface area contributed by atoms with Crippen LogP contribution in [-0.4, -0.2) is 20.9 Å². The van der Waals surface area contributed by atoms with E-state index >= 15 is 0 Å². The Bertz CT molecular complexity index is 747. The van der Waals surface area contributed by atoms with Crippen molar-refractivity contribution in [2.24, 2.45) is 0 Å². The lowest BCUT2D eigenvalue weighted by Crippen LogP contribution is -2.23. The zero-order chi connectivity index (χ0) is 15.2. The highest BCUT2D eigenvalue weighted by Gasteiger charge is 2.09. The fourth-order valence-electron chi connectivity index (χ4n) is 1.71. The highest BCUT2D eigenvalue weighted by molar-refractivity contribution is 7.99. The molecule has 1 amide bonds. The summed E-state index contributed by atoms with van der Waals surface area (Å²) in [7, 11) is 0. The van der Waals surface area contributed by atoms with Crippen LogP contribution >= 0.6 is 23.1 Å². The smallest absolute Gasteiger partial charge is 0.270 e. The van der Waals surface area contributed by atoms with Gasteiger partial charge in [-0.15, -0.1) is 11.3 Å². The van der Waals surface area contributed by atoms with Gasteiger partial charge in [-0.25, -0.2) is 9.97 Å². The summed E-state index contributed by atoms with van der Waals surface area (Å²) in [5, 5.41) is 5.48. The van der Waals surface area contributed by atoms with Gasteiger partial charge >= 0.3 is 0 Å². The quantitative estimate of drug-likeness (QED) is 0.729. The molecule has 0 unspecified atom stereocenters. The van der Waals surface area contributed by atoms with Crippen LogP contribution < -0.4 is 5.32 Å². The first-order valence-corrected chi connectivity index (χ1v) is 8.22. The van der Waals surface area contributed by atoms with Gasteiger partial charge in [0.15, 0.2) is 5.16 Å². The van der Waals surface area contributed by atoms with Crippen LogP contribution in [0.1, 0.15) is 15.4 Å². The molecule has 0 radical (unpaired) electrons. The monoisotopic (exact) mass is 328 g/mol. The summed E-state index contributed by atoms with van der Waals surface area (Å²) in [5.74, 6) is -0.190. The normalized spacial score (nSPS) is 10.4. The van der Waals surface area contributed by atoms with Crippen LogP contribution in [0.15, 0.2) is 64.4 Å². The van der Waals surface area contributed by atoms with E-state index in [1.807, 2.05) is 23.6 Å². The minimum Gasteiger partial charge on any atom is -0.346 e. The van der Waals surface area contributed by atoms with E-state index in [2.05, 4.69) is 20.3 Å². The summed E-state index contributed by atoms with van der Waals surface area (Å²) in [6.07, 6.45) is 4.99. The maximum Gasteiger partial charge on any atom is 0.270 e. The molecule has 1 N–H and O–H groups in total. The van der Waals surface area contributed by atoms with Crippen LogP contribution in [0, 0.1) is 0 Å². The summed E-state index contributed by atoms with van der Waals surface area (Å²) in [5.41, 5.74) is 0.387. The summed E-state index contributed by atoms with van der Waals surface area (Å²) >= 11 is 3.00. The number of rotatable bonds is 5. The summed E-state index contributed by atoms with van der Waals surface area (Å²) in [6, 6.07) is 9.28. The molecule has 0 aliphatic rings. The van der Waals surface area contributed by atoms with Gasteiger partial charge in [-0.1, -0.05) is 6.07 Å². The number of aromatic nitrogens is 3. The zero-order valence-corrected chi connectivity index (χ0v) is 13.1. The Morgan fingerprint density at radius 2 is 2.00 bits per heavy atom. The molecule has 0 spiro atoms. The van der Waals surface area contributed by atoms with E-state index in [4.69, 9.17) is 0 Å². The molecule has 0 aliphatic heterocycles. The van der Waals surface area contributed by atoms with E-state index in [0.717, 1.165) is 9.77 Å². The highest BCUT2D eigenvalue weighted by Crippen LogP contribution is 2.23. The van der Waals surface area contributed by atoms with Crippen molar-refractivity contribution in [1.82, 2.24) is 20.3 Å². The summed E-state index contributed by atoms with van der Waals surface area (Å²) in [6.45, 7) is 0.511. The maximum atomic E-state index is 12.1. The molecule has 3 heterocycles. The molecule has 0 atom stereocenters. The van der Waals surface area contributed by atoms with E-state index in [1.165, 1.54) is 11.8 Å². The van der Waals surface area contributed by atoms with Crippen molar-refractivity contribution in [3.05, 3.63) is 64.9 Å². The third-order valence-electron chi connectivity index (χ3n) is 2.72. The first-order valence-electron chi connectivity index (χ1n) is 6.53. The molecule has 22 heavy (non-hydrogen) atoms. The Hall–Kier alpha value is -2.25. The van der Waals surface area contributed by atoms with Crippen molar-refractivity contribution < 1.29 is 4.79 Å². The second kappa shape index (κ2) is 7.15. The van der Waals surface area contributed by atoms with Crippen LogP contribution in [0.5, 0.6) is 0 Å². The number of nitrogens with one attached hydrogen (secondary N) is 1. The van der Waals surface area contributed by atoms with Crippen molar-refractivity contribution in [3.8, 4) is 0 Å². The van der Waals surface area contributed by atoms with E-state index in [1.54, 1.807) is 42.1 Å². The molecule has 0 aliphatic carbocycles. The van der Waals surface area contributed by atoms with Gasteiger partial charge in [-0.05, 0) is 41.4 Å². The topological polar surface area (TPSA) is 67.8 Å². The molecule has 0 fully saturated rings. The lowest BCUT2D eigenvalue weighted by atomic mass is 10.3. The van der Waals surface area contributed by atoms with Gasteiger partial charge < -0.3 is 5.32 Å². The highest BCUT2D eigenvalue weighted by atomic mass is 32.2. The number of amides is 1. The molecule has 3 aromatic rings. The second-order valence-electron chi connectivity index (χ2n) is 4.27. The average Bonchev–Trinajstić information content (AvgIpc) is 3.07. The first-order chi connectivity index (χ1) is 10.8. The molecule has 5 nitrogen and oxygen atoms in total. The van der Waals surface area contributed by atoms with E-state index < -0.39 is 0 Å². The predicted molar refractivity (Wildman–Crippen MR) is 85.9 cm³/mol. The van der Waals surface area contributed by atoms with Gasteiger partial charge in [0.2, 0.25) is 0 Å². The van der Waals surface area contributed by atoms with Gasteiger partial charge in [0.05, 0.1) is 6.54 Å². The fourth-order valence-corrected chi connectivity index (χ4v) is 3.10. The van der Waals surface area contributed by atoms with Crippen molar-refractivity contribution in [2.75, 3.05) is 0 Å². The zero-order valence-electron chi connectivity index (χ0n) is 11.5. The number of pyridine rings is 1. The Labute approximate surface area is 135 Å². The Kier molecular flexibility index (Phi) is 4.77. The number of nitrogens with zero attached hydrogens (tertiary/aromatic N) is 3. The largest absolute Gasteiger partial charge is 0.346 e. The number of carbonyl (C=O) groups is 1. The number of carbonyl (C=O) groups excluding carboxylic acids is 1. The van der Waals surface area contributed by atoms with Gasteiger partial charge in [0, 0.05) is 28.4 Å². The predicted octanol–water partition coefficient (Wildman–Crippen LogP) is 3.01. The minimum atomic E-state index is -0.190. The van der Waals surface area contributed by atoms with Crippen LogP contribution in [0.4, 0.5) is 0 Å². The van der Waals surface area contributed by atoms with Crippen molar-refractivity contribution in [2.45, 2.75) is 16.6 Å². The van der Waals surface area contributed by atoms with Crippen molar-refractivity contribution in [1.29, 1.82) is 0 Å². The molecule has 0 saturated carbocycles. The molecule has 0 bridgehead atoms. The molecule has 3 rings (SSSR count). The minimum absolute atomic E-state index is 0.190. The first kappa shape index (κ1) is 14.7. The Morgan fingerprint density at radius 1 is 1.14 bits per heavy atom. The molecule has 0 aromatic carbocycles. The van der Waals surface area contributed by atoms with Crippen molar-refractivity contribution in [3.63, 3.8) is 0 Å². The van der Waals surface area contributed by atoms with E-state index in [-0.39, 0.29) is 5.91 Å². The van der Waals surface area contributed by atoms with Crippen LogP contribution in [0.25, 0.3) is 0 Å². The van der Waals surface area contributed by atoms with Crippen LogP contribution in [0.3, 0.4) is 0 Å². The van der Waals surface area contributed by atoms with Crippen molar-refractivity contribution >= 4 is 29.0 Å². The van der Waals surface area contributed by atoms with Gasteiger partial charge in [0.25, 0.3) is 5.91 Å². The maximum absolute atomic E-state index is 12.1. The van der Waals surface area contributed by atoms with Gasteiger partial charge in [0.1, 0.15) is 5.69 Å². The molecule has 0 saturated heterocycles. The standard InChI is InChI=1S/C15H12N4OS2/c20-14(19-10-12-3-1-8-21-12)13-9-11(4-7-16-13)22-15-17-5-2-6-18-15/h1-9H,10H2,(H,19,20). The number of hydrogen-bond donors (Lipinski definition) is 1. The summed E-state index contributed by atoms with van der Waals surface area (Å²) in [4.78, 5) is 26.5. The molecule has 7 heteroatoms. The van der Waals surface area contributed by atoms with Gasteiger partial charge in [-0.2, -0.15) is 0 Å². The van der Waals surface area contributed by atoms with E-state index in [9.17, 15) is 4.79 Å².